The summed E-state index contributed by atoms with van der Waals surface area (Å²) in [7, 11) is 0. The van der Waals surface area contributed by atoms with Gasteiger partial charge in [0.2, 0.25) is 0 Å². The summed E-state index contributed by atoms with van der Waals surface area (Å²) in [4.78, 5) is 1.29. The van der Waals surface area contributed by atoms with Gasteiger partial charge in [-0.3, -0.25) is 5.10 Å². The third-order valence-corrected chi connectivity index (χ3v) is 2.78. The zero-order valence-corrected chi connectivity index (χ0v) is 7.90. The summed E-state index contributed by atoms with van der Waals surface area (Å²) in [6, 6.07) is 4.18. The highest BCUT2D eigenvalue weighted by atomic mass is 32.1. The van der Waals surface area contributed by atoms with Crippen LogP contribution in [0.1, 0.15) is 11.4 Å². The van der Waals surface area contributed by atoms with E-state index in [4.69, 9.17) is 0 Å². The Kier molecular flexibility index (Phi) is 1.73. The zero-order chi connectivity index (χ0) is 8.55. The Morgan fingerprint density at radius 2 is 2.25 bits per heavy atom. The number of aromatic amines is 1. The van der Waals surface area contributed by atoms with E-state index in [2.05, 4.69) is 34.6 Å². The van der Waals surface area contributed by atoms with Crippen LogP contribution in [0.4, 0.5) is 0 Å². The lowest BCUT2D eigenvalue weighted by atomic mass is 10.2. The molecule has 0 saturated carbocycles. The van der Waals surface area contributed by atoms with Gasteiger partial charge in [0.1, 0.15) is 0 Å². The molecule has 0 unspecified atom stereocenters. The smallest absolute Gasteiger partial charge is 0.0680 e. The molecule has 0 aromatic carbocycles. The average Bonchev–Trinajstić information content (AvgIpc) is 2.61. The molecule has 0 bridgehead atoms. The lowest BCUT2D eigenvalue weighted by Gasteiger charge is -1.94. The molecule has 0 aliphatic heterocycles. The first kappa shape index (κ1) is 7.55. The number of aryl methyl sites for hydroxylation is 2. The summed E-state index contributed by atoms with van der Waals surface area (Å²) in [5.41, 5.74) is 3.48. The minimum absolute atomic E-state index is 1.08. The van der Waals surface area contributed by atoms with Crippen molar-refractivity contribution in [1.29, 1.82) is 0 Å². The molecule has 0 amide bonds. The van der Waals surface area contributed by atoms with Gasteiger partial charge in [-0.15, -0.1) is 11.3 Å². The van der Waals surface area contributed by atoms with E-state index >= 15 is 0 Å². The third kappa shape index (κ3) is 1.06. The first-order valence-corrected chi connectivity index (χ1v) is 4.72. The number of hydrogen-bond acceptors (Lipinski definition) is 2. The normalized spacial score (nSPS) is 10.5. The van der Waals surface area contributed by atoms with Crippen molar-refractivity contribution in [3.8, 4) is 10.4 Å². The number of nitrogens with one attached hydrogen (secondary N) is 1. The van der Waals surface area contributed by atoms with Crippen LogP contribution in [0.25, 0.3) is 10.4 Å². The summed E-state index contributed by atoms with van der Waals surface area (Å²) >= 11 is 1.75. The monoisotopic (exact) mass is 178 g/mol. The van der Waals surface area contributed by atoms with Gasteiger partial charge in [0.05, 0.1) is 5.69 Å². The highest BCUT2D eigenvalue weighted by Crippen LogP contribution is 2.28. The van der Waals surface area contributed by atoms with E-state index in [0.717, 1.165) is 11.4 Å². The van der Waals surface area contributed by atoms with Gasteiger partial charge in [0.15, 0.2) is 0 Å². The minimum atomic E-state index is 1.08. The standard InChI is InChI=1S/C9H10N2S/c1-6-9(7(2)11-10-6)8-4-3-5-12-8/h3-5H,1-2H3,(H,10,11). The van der Waals surface area contributed by atoms with E-state index in [1.165, 1.54) is 10.4 Å². The second-order valence-electron chi connectivity index (χ2n) is 2.79. The molecule has 0 saturated heterocycles. The molecule has 12 heavy (non-hydrogen) atoms. The fourth-order valence-electron chi connectivity index (χ4n) is 1.33. The topological polar surface area (TPSA) is 28.7 Å². The van der Waals surface area contributed by atoms with E-state index in [-0.39, 0.29) is 0 Å². The van der Waals surface area contributed by atoms with E-state index in [9.17, 15) is 0 Å². The summed E-state index contributed by atoms with van der Waals surface area (Å²) in [6.45, 7) is 4.08. The molecule has 0 fully saturated rings. The highest BCUT2D eigenvalue weighted by molar-refractivity contribution is 7.13. The Balaban J connectivity index is 2.60. The molecule has 3 heteroatoms. The molecule has 0 radical (unpaired) electrons. The van der Waals surface area contributed by atoms with Crippen LogP contribution in [-0.4, -0.2) is 10.2 Å². The van der Waals surface area contributed by atoms with Gasteiger partial charge in [0.25, 0.3) is 0 Å². The average molecular weight is 178 g/mol. The molecule has 0 atom stereocenters. The van der Waals surface area contributed by atoms with Crippen molar-refractivity contribution in [3.63, 3.8) is 0 Å². The second kappa shape index (κ2) is 2.75. The fraction of sp³-hybridized carbons (Fsp3) is 0.222. The van der Waals surface area contributed by atoms with Crippen molar-refractivity contribution in [2.75, 3.05) is 0 Å². The van der Waals surface area contributed by atoms with Crippen LogP contribution < -0.4 is 0 Å². The first-order chi connectivity index (χ1) is 5.79. The molecule has 0 spiro atoms. The number of nitrogens with zero attached hydrogens (tertiary/aromatic N) is 1. The van der Waals surface area contributed by atoms with Crippen LogP contribution in [0, 0.1) is 13.8 Å². The van der Waals surface area contributed by atoms with Crippen molar-refractivity contribution in [2.45, 2.75) is 13.8 Å². The van der Waals surface area contributed by atoms with Gasteiger partial charge < -0.3 is 0 Å². The third-order valence-electron chi connectivity index (χ3n) is 1.90. The maximum atomic E-state index is 4.15. The Labute approximate surface area is 75.3 Å². The van der Waals surface area contributed by atoms with Crippen LogP contribution in [0.5, 0.6) is 0 Å². The van der Waals surface area contributed by atoms with Gasteiger partial charge in [-0.05, 0) is 25.3 Å². The maximum Gasteiger partial charge on any atom is 0.0680 e. The number of rotatable bonds is 1. The molecule has 2 rings (SSSR count). The SMILES string of the molecule is Cc1n[nH]c(C)c1-c1cccs1. The van der Waals surface area contributed by atoms with Crippen LogP contribution in [0.3, 0.4) is 0 Å². The second-order valence-corrected chi connectivity index (χ2v) is 3.73. The van der Waals surface area contributed by atoms with Gasteiger partial charge in [-0.2, -0.15) is 5.10 Å². The Bertz CT molecular complexity index is 354. The molecule has 0 aliphatic carbocycles. The molecule has 2 heterocycles. The van der Waals surface area contributed by atoms with Crippen molar-refractivity contribution in [2.24, 2.45) is 0 Å². The lowest BCUT2D eigenvalue weighted by molar-refractivity contribution is 1.02. The van der Waals surface area contributed by atoms with Gasteiger partial charge in [-0.1, -0.05) is 6.07 Å². The van der Waals surface area contributed by atoms with Crippen molar-refractivity contribution in [3.05, 3.63) is 28.9 Å². The number of hydrogen-bond donors (Lipinski definition) is 1. The van der Waals surface area contributed by atoms with Crippen molar-refractivity contribution >= 4 is 11.3 Å². The largest absolute Gasteiger partial charge is 0.282 e. The summed E-state index contributed by atoms with van der Waals surface area (Å²) in [5.74, 6) is 0. The summed E-state index contributed by atoms with van der Waals surface area (Å²) < 4.78 is 0. The Hall–Kier alpha value is -1.09. The van der Waals surface area contributed by atoms with Crippen molar-refractivity contribution in [1.82, 2.24) is 10.2 Å². The molecule has 0 aliphatic rings. The van der Waals surface area contributed by atoms with E-state index in [1.54, 1.807) is 11.3 Å². The molecule has 2 aromatic rings. The molecular weight excluding hydrogens is 168 g/mol. The van der Waals surface area contributed by atoms with E-state index in [0.29, 0.717) is 0 Å². The highest BCUT2D eigenvalue weighted by Gasteiger charge is 2.08. The Morgan fingerprint density at radius 3 is 2.75 bits per heavy atom. The fourth-order valence-corrected chi connectivity index (χ4v) is 2.21. The molecule has 62 valence electrons. The van der Waals surface area contributed by atoms with Crippen LogP contribution >= 0.6 is 11.3 Å². The minimum Gasteiger partial charge on any atom is -0.282 e. The van der Waals surface area contributed by atoms with E-state index in [1.807, 2.05) is 6.92 Å². The number of aromatic nitrogens is 2. The molecule has 2 aromatic heterocycles. The first-order valence-electron chi connectivity index (χ1n) is 3.84. The zero-order valence-electron chi connectivity index (χ0n) is 7.09. The van der Waals surface area contributed by atoms with E-state index < -0.39 is 0 Å². The number of H-pyrrole nitrogens is 1. The van der Waals surface area contributed by atoms with Gasteiger partial charge in [-0.25, -0.2) is 0 Å². The predicted molar refractivity (Wildman–Crippen MR) is 51.4 cm³/mol. The Morgan fingerprint density at radius 1 is 1.42 bits per heavy atom. The lowest BCUT2D eigenvalue weighted by Crippen LogP contribution is -1.76. The van der Waals surface area contributed by atoms with Crippen LogP contribution in [-0.2, 0) is 0 Å². The molecule has 1 N–H and O–H groups in total. The van der Waals surface area contributed by atoms with Gasteiger partial charge in [0, 0.05) is 16.1 Å². The summed E-state index contributed by atoms with van der Waals surface area (Å²) in [6.07, 6.45) is 0. The van der Waals surface area contributed by atoms with Gasteiger partial charge >= 0.3 is 0 Å². The predicted octanol–water partition coefficient (Wildman–Crippen LogP) is 2.76. The van der Waals surface area contributed by atoms with Crippen LogP contribution in [0.2, 0.25) is 0 Å². The summed E-state index contributed by atoms with van der Waals surface area (Å²) in [5, 5.41) is 9.22. The quantitative estimate of drug-likeness (QED) is 0.714. The molecule has 2 nitrogen and oxygen atoms in total. The van der Waals surface area contributed by atoms with Crippen LogP contribution in [0.15, 0.2) is 17.5 Å². The molecular formula is C9H10N2S. The maximum absolute atomic E-state index is 4.15. The van der Waals surface area contributed by atoms with Crippen molar-refractivity contribution < 1.29 is 0 Å². The number of thiophene rings is 1.